The van der Waals surface area contributed by atoms with Crippen LogP contribution < -0.4 is 4.74 Å². The molecule has 0 heterocycles. The number of nitrogens with zero attached hydrogens (tertiary/aromatic N) is 1. The van der Waals surface area contributed by atoms with Gasteiger partial charge in [-0.25, -0.2) is 8.78 Å². The molecule has 0 aromatic heterocycles. The molecule has 2 aromatic carbocycles. The molecule has 0 saturated heterocycles. The Morgan fingerprint density at radius 1 is 1.23 bits per heavy atom. The molecule has 0 spiro atoms. The minimum absolute atomic E-state index is 0.0712. The predicted octanol–water partition coefficient (Wildman–Crippen LogP) is 3.66. The Hall–Kier alpha value is -2.14. The van der Waals surface area contributed by atoms with Gasteiger partial charge in [-0.05, 0) is 29.8 Å². The number of benzene rings is 2. The van der Waals surface area contributed by atoms with Gasteiger partial charge in [-0.3, -0.25) is 4.79 Å². The summed E-state index contributed by atoms with van der Waals surface area (Å²) in [5, 5.41) is -0.0712. The zero-order valence-corrected chi connectivity index (χ0v) is 12.6. The third kappa shape index (κ3) is 4.43. The van der Waals surface area contributed by atoms with Gasteiger partial charge in [-0.2, -0.15) is 0 Å². The van der Waals surface area contributed by atoms with Gasteiger partial charge < -0.3 is 9.64 Å². The Labute approximate surface area is 132 Å². The van der Waals surface area contributed by atoms with Gasteiger partial charge in [0.25, 0.3) is 5.91 Å². The third-order valence-corrected chi connectivity index (χ3v) is 3.28. The first kappa shape index (κ1) is 16.2. The van der Waals surface area contributed by atoms with Crippen molar-refractivity contribution < 1.29 is 18.3 Å². The smallest absolute Gasteiger partial charge is 0.260 e. The number of halogens is 3. The average Bonchev–Trinajstić information content (AvgIpc) is 2.48. The topological polar surface area (TPSA) is 29.5 Å². The quantitative estimate of drug-likeness (QED) is 0.839. The Balaban J connectivity index is 1.89. The van der Waals surface area contributed by atoms with Crippen LogP contribution in [0.1, 0.15) is 5.56 Å². The van der Waals surface area contributed by atoms with Gasteiger partial charge in [-0.1, -0.05) is 23.7 Å². The molecule has 116 valence electrons. The maximum atomic E-state index is 13.1. The molecule has 0 aliphatic rings. The van der Waals surface area contributed by atoms with Crippen molar-refractivity contribution in [3.8, 4) is 5.75 Å². The maximum Gasteiger partial charge on any atom is 0.260 e. The number of hydrogen-bond acceptors (Lipinski definition) is 2. The molecule has 0 fully saturated rings. The summed E-state index contributed by atoms with van der Waals surface area (Å²) in [4.78, 5) is 13.4. The van der Waals surface area contributed by atoms with E-state index in [4.69, 9.17) is 16.3 Å². The second kappa shape index (κ2) is 7.22. The number of ether oxygens (including phenoxy) is 1. The van der Waals surface area contributed by atoms with Crippen molar-refractivity contribution in [2.75, 3.05) is 13.7 Å². The van der Waals surface area contributed by atoms with E-state index in [9.17, 15) is 13.6 Å². The van der Waals surface area contributed by atoms with Gasteiger partial charge >= 0.3 is 0 Å². The van der Waals surface area contributed by atoms with Gasteiger partial charge in [-0.15, -0.1) is 0 Å². The van der Waals surface area contributed by atoms with E-state index in [1.165, 1.54) is 35.2 Å². The molecular weight excluding hydrogens is 312 g/mol. The predicted molar refractivity (Wildman–Crippen MR) is 79.8 cm³/mol. The summed E-state index contributed by atoms with van der Waals surface area (Å²) < 4.78 is 31.4. The van der Waals surface area contributed by atoms with Crippen LogP contribution in [0.25, 0.3) is 0 Å². The first-order valence-corrected chi connectivity index (χ1v) is 6.90. The van der Waals surface area contributed by atoms with Crippen LogP contribution in [0.15, 0.2) is 42.5 Å². The van der Waals surface area contributed by atoms with Gasteiger partial charge in [0.2, 0.25) is 0 Å². The minimum atomic E-state index is -0.552. The van der Waals surface area contributed by atoms with Crippen LogP contribution in [-0.4, -0.2) is 24.5 Å². The number of carbonyl (C=O) groups excluding carboxylic acids is 1. The molecule has 0 aliphatic heterocycles. The number of amides is 1. The molecule has 0 saturated carbocycles. The van der Waals surface area contributed by atoms with E-state index in [2.05, 4.69) is 0 Å². The Kier molecular flexibility index (Phi) is 5.33. The van der Waals surface area contributed by atoms with Crippen molar-refractivity contribution in [2.45, 2.75) is 6.54 Å². The molecule has 6 heteroatoms. The lowest BCUT2D eigenvalue weighted by Crippen LogP contribution is -2.31. The number of hydrogen-bond donors (Lipinski definition) is 0. The van der Waals surface area contributed by atoms with Crippen molar-refractivity contribution in [1.82, 2.24) is 4.90 Å². The highest BCUT2D eigenvalue weighted by molar-refractivity contribution is 6.30. The largest absolute Gasteiger partial charge is 0.484 e. The fraction of sp³-hybridized carbons (Fsp3) is 0.188. The Morgan fingerprint density at radius 3 is 2.68 bits per heavy atom. The first-order valence-electron chi connectivity index (χ1n) is 6.52. The van der Waals surface area contributed by atoms with E-state index in [-0.39, 0.29) is 29.9 Å². The number of rotatable bonds is 5. The number of carbonyl (C=O) groups is 1. The molecule has 0 N–H and O–H groups in total. The zero-order chi connectivity index (χ0) is 16.1. The lowest BCUT2D eigenvalue weighted by Gasteiger charge is -2.17. The van der Waals surface area contributed by atoms with Crippen LogP contribution in [0, 0.1) is 11.6 Å². The van der Waals surface area contributed by atoms with Crippen molar-refractivity contribution in [2.24, 2.45) is 0 Å². The Morgan fingerprint density at radius 2 is 2.00 bits per heavy atom. The second-order valence-electron chi connectivity index (χ2n) is 4.74. The van der Waals surface area contributed by atoms with E-state index in [0.717, 1.165) is 0 Å². The standard InChI is InChI=1S/C16H14ClF2NO2/c1-20(9-11-3-2-4-12(18)7-11)16(21)10-22-13-5-6-15(19)14(17)8-13/h2-8H,9-10H2,1H3. The highest BCUT2D eigenvalue weighted by Gasteiger charge is 2.11. The molecule has 2 rings (SSSR count). The molecule has 0 unspecified atom stereocenters. The van der Waals surface area contributed by atoms with E-state index >= 15 is 0 Å². The first-order chi connectivity index (χ1) is 10.5. The van der Waals surface area contributed by atoms with Gasteiger partial charge in [0.1, 0.15) is 17.4 Å². The van der Waals surface area contributed by atoms with E-state index < -0.39 is 5.82 Å². The second-order valence-corrected chi connectivity index (χ2v) is 5.15. The van der Waals surface area contributed by atoms with E-state index in [0.29, 0.717) is 11.3 Å². The summed E-state index contributed by atoms with van der Waals surface area (Å²) in [7, 11) is 1.59. The normalized spacial score (nSPS) is 10.4. The third-order valence-electron chi connectivity index (χ3n) is 2.99. The van der Waals surface area contributed by atoms with E-state index in [1.807, 2.05) is 0 Å². The summed E-state index contributed by atoms with van der Waals surface area (Å²) in [5.74, 6) is -0.886. The van der Waals surface area contributed by atoms with Crippen LogP contribution in [0.2, 0.25) is 5.02 Å². The zero-order valence-electron chi connectivity index (χ0n) is 11.9. The highest BCUT2D eigenvalue weighted by atomic mass is 35.5. The van der Waals surface area contributed by atoms with Crippen molar-refractivity contribution in [3.05, 3.63) is 64.7 Å². The molecule has 0 radical (unpaired) electrons. The summed E-state index contributed by atoms with van der Waals surface area (Å²) in [5.41, 5.74) is 0.681. The van der Waals surface area contributed by atoms with Crippen LogP contribution >= 0.6 is 11.6 Å². The molecule has 0 aliphatic carbocycles. The van der Waals surface area contributed by atoms with Crippen LogP contribution in [0.3, 0.4) is 0 Å². The van der Waals surface area contributed by atoms with Crippen molar-refractivity contribution in [1.29, 1.82) is 0 Å². The summed E-state index contributed by atoms with van der Waals surface area (Å²) >= 11 is 5.63. The fourth-order valence-electron chi connectivity index (χ4n) is 1.82. The number of likely N-dealkylation sites (N-methyl/N-ethyl adjacent to an activating group) is 1. The monoisotopic (exact) mass is 325 g/mol. The van der Waals surface area contributed by atoms with Gasteiger partial charge in [0, 0.05) is 19.7 Å². The maximum absolute atomic E-state index is 13.1. The fourth-order valence-corrected chi connectivity index (χ4v) is 1.99. The molecular formula is C16H14ClF2NO2. The average molecular weight is 326 g/mol. The molecule has 0 bridgehead atoms. The van der Waals surface area contributed by atoms with Crippen LogP contribution in [-0.2, 0) is 11.3 Å². The van der Waals surface area contributed by atoms with Gasteiger partial charge in [0.15, 0.2) is 6.61 Å². The lowest BCUT2D eigenvalue weighted by molar-refractivity contribution is -0.132. The summed E-state index contributed by atoms with van der Waals surface area (Å²) in [6, 6.07) is 9.88. The molecule has 0 atom stereocenters. The summed E-state index contributed by atoms with van der Waals surface area (Å²) in [6.45, 7) is 0.0535. The Bertz CT molecular complexity index is 679. The SMILES string of the molecule is CN(Cc1cccc(F)c1)C(=O)COc1ccc(F)c(Cl)c1. The molecule has 2 aromatic rings. The summed E-state index contributed by atoms with van der Waals surface area (Å²) in [6.07, 6.45) is 0. The van der Waals surface area contributed by atoms with E-state index in [1.54, 1.807) is 19.2 Å². The molecule has 1 amide bonds. The van der Waals surface area contributed by atoms with Crippen LogP contribution in [0.5, 0.6) is 5.75 Å². The van der Waals surface area contributed by atoms with Gasteiger partial charge in [0.05, 0.1) is 5.02 Å². The molecule has 22 heavy (non-hydrogen) atoms. The van der Waals surface area contributed by atoms with Crippen molar-refractivity contribution in [3.63, 3.8) is 0 Å². The highest BCUT2D eigenvalue weighted by Crippen LogP contribution is 2.21. The molecule has 3 nitrogen and oxygen atoms in total. The minimum Gasteiger partial charge on any atom is -0.484 e. The lowest BCUT2D eigenvalue weighted by atomic mass is 10.2. The van der Waals surface area contributed by atoms with Crippen molar-refractivity contribution >= 4 is 17.5 Å². The van der Waals surface area contributed by atoms with Crippen LogP contribution in [0.4, 0.5) is 8.78 Å².